The van der Waals surface area contributed by atoms with Crippen molar-refractivity contribution in [3.8, 4) is 0 Å². The van der Waals surface area contributed by atoms with Gasteiger partial charge in [0.05, 0.1) is 17.3 Å². The monoisotopic (exact) mass is 335 g/mol. The molecule has 1 aliphatic heterocycles. The van der Waals surface area contributed by atoms with Crippen molar-refractivity contribution in [2.24, 2.45) is 10.2 Å². The minimum absolute atomic E-state index is 0.123. The second kappa shape index (κ2) is 6.97. The minimum atomic E-state index is -0.472. The van der Waals surface area contributed by atoms with Gasteiger partial charge in [-0.2, -0.15) is 10.2 Å². The topological polar surface area (TPSA) is 62.1 Å². The third-order valence-electron chi connectivity index (χ3n) is 4.48. The summed E-state index contributed by atoms with van der Waals surface area (Å²) in [5, 5.41) is 8.69. The van der Waals surface area contributed by atoms with Gasteiger partial charge in [0, 0.05) is 13.0 Å². The number of imide groups is 1. The van der Waals surface area contributed by atoms with E-state index >= 15 is 0 Å². The van der Waals surface area contributed by atoms with E-state index in [0.29, 0.717) is 12.2 Å². The van der Waals surface area contributed by atoms with Crippen LogP contribution in [0, 0.1) is 13.8 Å². The zero-order valence-corrected chi connectivity index (χ0v) is 14.7. The van der Waals surface area contributed by atoms with E-state index in [-0.39, 0.29) is 18.2 Å². The molecule has 0 aliphatic carbocycles. The van der Waals surface area contributed by atoms with Gasteiger partial charge in [0.25, 0.3) is 0 Å². The van der Waals surface area contributed by atoms with E-state index in [4.69, 9.17) is 0 Å². The molecule has 1 fully saturated rings. The summed E-state index contributed by atoms with van der Waals surface area (Å²) in [6.45, 7) is 6.15. The third kappa shape index (κ3) is 3.36. The van der Waals surface area contributed by atoms with Crippen LogP contribution in [0.2, 0.25) is 0 Å². The van der Waals surface area contributed by atoms with E-state index in [0.717, 1.165) is 22.4 Å². The summed E-state index contributed by atoms with van der Waals surface area (Å²) in [5.74, 6) is -0.740. The molecule has 0 N–H and O–H groups in total. The fourth-order valence-corrected chi connectivity index (χ4v) is 3.25. The molecular weight excluding hydrogens is 314 g/mol. The van der Waals surface area contributed by atoms with Crippen molar-refractivity contribution < 1.29 is 9.59 Å². The molecule has 0 bridgehead atoms. The van der Waals surface area contributed by atoms with E-state index in [2.05, 4.69) is 10.2 Å². The fraction of sp³-hybridized carbons (Fsp3) is 0.300. The average Bonchev–Trinajstić information content (AvgIpc) is 2.86. The lowest BCUT2D eigenvalue weighted by atomic mass is 9.92. The Labute approximate surface area is 147 Å². The van der Waals surface area contributed by atoms with Crippen molar-refractivity contribution >= 4 is 23.2 Å². The summed E-state index contributed by atoms with van der Waals surface area (Å²) in [7, 11) is 0. The lowest BCUT2D eigenvalue weighted by Gasteiger charge is -2.15. The van der Waals surface area contributed by atoms with Gasteiger partial charge in [0.2, 0.25) is 11.8 Å². The van der Waals surface area contributed by atoms with Crippen LogP contribution < -0.4 is 0 Å². The SMILES string of the molecule is CCN1C(=O)CC(c2c(C)cccc2N=Nc2cccc(C)c2)C1=O. The van der Waals surface area contributed by atoms with Crippen molar-refractivity contribution in [3.63, 3.8) is 0 Å². The number of carbonyl (C=O) groups excluding carboxylic acids is 2. The third-order valence-corrected chi connectivity index (χ3v) is 4.48. The number of likely N-dealkylation sites (tertiary alicyclic amines) is 1. The summed E-state index contributed by atoms with van der Waals surface area (Å²) in [6, 6.07) is 13.4. The number of azo groups is 1. The van der Waals surface area contributed by atoms with E-state index < -0.39 is 5.92 Å². The molecule has 2 aromatic carbocycles. The van der Waals surface area contributed by atoms with Crippen molar-refractivity contribution in [1.29, 1.82) is 0 Å². The molecular formula is C20H21N3O2. The molecule has 1 unspecified atom stereocenters. The number of carbonyl (C=O) groups is 2. The van der Waals surface area contributed by atoms with Gasteiger partial charge in [-0.05, 0) is 55.7 Å². The van der Waals surface area contributed by atoms with Gasteiger partial charge in [-0.1, -0.05) is 24.3 Å². The fourth-order valence-electron chi connectivity index (χ4n) is 3.25. The molecule has 1 saturated heterocycles. The van der Waals surface area contributed by atoms with Crippen molar-refractivity contribution in [3.05, 3.63) is 59.2 Å². The Balaban J connectivity index is 1.98. The van der Waals surface area contributed by atoms with Gasteiger partial charge >= 0.3 is 0 Å². The molecule has 0 aromatic heterocycles. The molecule has 1 heterocycles. The van der Waals surface area contributed by atoms with Crippen LogP contribution in [-0.4, -0.2) is 23.3 Å². The highest BCUT2D eigenvalue weighted by Crippen LogP contribution is 2.38. The maximum absolute atomic E-state index is 12.6. The summed E-state index contributed by atoms with van der Waals surface area (Å²) < 4.78 is 0. The Morgan fingerprint density at radius 2 is 1.84 bits per heavy atom. The second-order valence-corrected chi connectivity index (χ2v) is 6.28. The average molecular weight is 335 g/mol. The van der Waals surface area contributed by atoms with Crippen LogP contribution in [-0.2, 0) is 9.59 Å². The van der Waals surface area contributed by atoms with E-state index in [1.165, 1.54) is 4.90 Å². The number of aryl methyl sites for hydroxylation is 2. The highest BCUT2D eigenvalue weighted by molar-refractivity contribution is 6.06. The second-order valence-electron chi connectivity index (χ2n) is 6.28. The lowest BCUT2D eigenvalue weighted by Crippen LogP contribution is -2.29. The molecule has 2 amide bonds. The largest absolute Gasteiger partial charge is 0.282 e. The van der Waals surface area contributed by atoms with Crippen LogP contribution in [0.1, 0.15) is 36.0 Å². The first-order valence-corrected chi connectivity index (χ1v) is 8.43. The van der Waals surface area contributed by atoms with Crippen LogP contribution >= 0.6 is 0 Å². The highest BCUT2D eigenvalue weighted by Gasteiger charge is 2.40. The van der Waals surface area contributed by atoms with Crippen LogP contribution in [0.5, 0.6) is 0 Å². The van der Waals surface area contributed by atoms with Gasteiger partial charge in [-0.25, -0.2) is 0 Å². The smallest absolute Gasteiger partial charge is 0.237 e. The Hall–Kier alpha value is -2.82. The number of likely N-dealkylation sites (N-methyl/N-ethyl adjacent to an activating group) is 1. The first kappa shape index (κ1) is 17.0. The van der Waals surface area contributed by atoms with Gasteiger partial charge in [0.15, 0.2) is 0 Å². The van der Waals surface area contributed by atoms with Gasteiger partial charge in [0.1, 0.15) is 0 Å². The number of nitrogens with zero attached hydrogens (tertiary/aromatic N) is 3. The van der Waals surface area contributed by atoms with E-state index in [9.17, 15) is 9.59 Å². The van der Waals surface area contributed by atoms with E-state index in [1.807, 2.05) is 63.2 Å². The Morgan fingerprint density at radius 3 is 2.52 bits per heavy atom. The lowest BCUT2D eigenvalue weighted by molar-refractivity contribution is -0.138. The molecule has 25 heavy (non-hydrogen) atoms. The molecule has 1 aliphatic rings. The molecule has 128 valence electrons. The summed E-state index contributed by atoms with van der Waals surface area (Å²) >= 11 is 0. The Bertz CT molecular complexity index is 858. The molecule has 5 nitrogen and oxygen atoms in total. The zero-order chi connectivity index (χ0) is 18.0. The summed E-state index contributed by atoms with van der Waals surface area (Å²) in [5.41, 5.74) is 4.26. The predicted octanol–water partition coefficient (Wildman–Crippen LogP) is 4.58. The number of hydrogen-bond donors (Lipinski definition) is 0. The Morgan fingerprint density at radius 1 is 1.08 bits per heavy atom. The van der Waals surface area contributed by atoms with Crippen LogP contribution in [0.4, 0.5) is 11.4 Å². The van der Waals surface area contributed by atoms with Crippen molar-refractivity contribution in [1.82, 2.24) is 4.90 Å². The van der Waals surface area contributed by atoms with Crippen LogP contribution in [0.25, 0.3) is 0 Å². The molecule has 1 atom stereocenters. The molecule has 0 spiro atoms. The number of benzene rings is 2. The Kier molecular flexibility index (Phi) is 4.74. The molecule has 0 radical (unpaired) electrons. The number of amides is 2. The normalized spacial score (nSPS) is 17.7. The van der Waals surface area contributed by atoms with Crippen LogP contribution in [0.3, 0.4) is 0 Å². The van der Waals surface area contributed by atoms with Crippen molar-refractivity contribution in [2.75, 3.05) is 6.54 Å². The highest BCUT2D eigenvalue weighted by atomic mass is 16.2. The molecule has 0 saturated carbocycles. The van der Waals surface area contributed by atoms with Crippen molar-refractivity contribution in [2.45, 2.75) is 33.1 Å². The summed E-state index contributed by atoms with van der Waals surface area (Å²) in [4.78, 5) is 26.0. The van der Waals surface area contributed by atoms with E-state index in [1.54, 1.807) is 0 Å². The minimum Gasteiger partial charge on any atom is -0.282 e. The predicted molar refractivity (Wildman–Crippen MR) is 96.3 cm³/mol. The maximum atomic E-state index is 12.6. The van der Waals surface area contributed by atoms with Gasteiger partial charge < -0.3 is 0 Å². The maximum Gasteiger partial charge on any atom is 0.237 e. The van der Waals surface area contributed by atoms with Crippen LogP contribution in [0.15, 0.2) is 52.7 Å². The van der Waals surface area contributed by atoms with Gasteiger partial charge in [-0.15, -0.1) is 0 Å². The first-order chi connectivity index (χ1) is 12.0. The standard InChI is InChI=1S/C20H21N3O2/c1-4-23-18(24)12-16(20(23)25)19-14(3)8-6-10-17(19)22-21-15-9-5-7-13(2)11-15/h5-11,16H,4,12H2,1-3H3. The molecule has 5 heteroatoms. The van der Waals surface area contributed by atoms with Gasteiger partial charge in [-0.3, -0.25) is 14.5 Å². The summed E-state index contributed by atoms with van der Waals surface area (Å²) in [6.07, 6.45) is 0.199. The number of rotatable bonds is 4. The quantitative estimate of drug-likeness (QED) is 0.606. The zero-order valence-electron chi connectivity index (χ0n) is 14.7. The molecule has 3 rings (SSSR count). The number of hydrogen-bond acceptors (Lipinski definition) is 4. The first-order valence-electron chi connectivity index (χ1n) is 8.43. The molecule has 2 aromatic rings.